The molecule has 0 bridgehead atoms. The fourth-order valence-corrected chi connectivity index (χ4v) is 3.81. The van der Waals surface area contributed by atoms with Crippen molar-refractivity contribution in [1.29, 1.82) is 0 Å². The van der Waals surface area contributed by atoms with Crippen LogP contribution in [0.4, 0.5) is 6.01 Å². The molecule has 6 heteroatoms. The summed E-state index contributed by atoms with van der Waals surface area (Å²) in [7, 11) is 0. The van der Waals surface area contributed by atoms with Gasteiger partial charge in [-0.2, -0.15) is 4.98 Å². The maximum absolute atomic E-state index is 12.8. The van der Waals surface area contributed by atoms with Crippen LogP contribution in [0.1, 0.15) is 32.1 Å². The first-order valence-electron chi connectivity index (χ1n) is 8.84. The van der Waals surface area contributed by atoms with Crippen molar-refractivity contribution in [2.45, 2.75) is 37.6 Å². The third kappa shape index (κ3) is 2.75. The highest BCUT2D eigenvalue weighted by atomic mass is 16.4. The summed E-state index contributed by atoms with van der Waals surface area (Å²) < 4.78 is 5.83. The number of nitrogens with zero attached hydrogens (tertiary/aromatic N) is 3. The van der Waals surface area contributed by atoms with E-state index in [1.807, 2.05) is 29.2 Å². The van der Waals surface area contributed by atoms with Crippen molar-refractivity contribution >= 4 is 23.0 Å². The lowest BCUT2D eigenvalue weighted by atomic mass is 9.81. The van der Waals surface area contributed by atoms with Crippen molar-refractivity contribution in [3.8, 4) is 0 Å². The first-order valence-corrected chi connectivity index (χ1v) is 8.84. The summed E-state index contributed by atoms with van der Waals surface area (Å²) >= 11 is 0. The van der Waals surface area contributed by atoms with E-state index in [-0.39, 0.29) is 5.91 Å². The smallest absolute Gasteiger partial charge is 0.298 e. The molecule has 1 saturated carbocycles. The van der Waals surface area contributed by atoms with Gasteiger partial charge in [-0.15, -0.1) is 0 Å². The fourth-order valence-electron chi connectivity index (χ4n) is 3.81. The van der Waals surface area contributed by atoms with E-state index in [2.05, 4.69) is 9.88 Å². The van der Waals surface area contributed by atoms with E-state index in [9.17, 15) is 4.79 Å². The quantitative estimate of drug-likeness (QED) is 0.914. The van der Waals surface area contributed by atoms with Crippen molar-refractivity contribution in [3.05, 3.63) is 24.3 Å². The molecule has 1 aliphatic carbocycles. The lowest BCUT2D eigenvalue weighted by Crippen LogP contribution is -2.60. The molecule has 2 fully saturated rings. The number of hydrogen-bond acceptors (Lipinski definition) is 5. The summed E-state index contributed by atoms with van der Waals surface area (Å²) in [4.78, 5) is 21.4. The average molecular weight is 328 g/mol. The molecule has 0 radical (unpaired) electrons. The van der Waals surface area contributed by atoms with Gasteiger partial charge in [0.05, 0.1) is 5.54 Å². The molecule has 24 heavy (non-hydrogen) atoms. The van der Waals surface area contributed by atoms with Crippen LogP contribution in [0, 0.1) is 0 Å². The monoisotopic (exact) mass is 328 g/mol. The number of carbonyl (C=O) groups is 1. The van der Waals surface area contributed by atoms with Crippen LogP contribution >= 0.6 is 0 Å². The number of benzene rings is 1. The van der Waals surface area contributed by atoms with Gasteiger partial charge < -0.3 is 20.0 Å². The summed E-state index contributed by atoms with van der Waals surface area (Å²) in [6.45, 7) is 2.82. The Kier molecular flexibility index (Phi) is 3.92. The number of hydrogen-bond donors (Lipinski definition) is 1. The number of oxazole rings is 1. The lowest BCUT2D eigenvalue weighted by molar-refractivity contribution is -0.138. The molecular formula is C18H24N4O2. The molecule has 1 amide bonds. The second-order valence-corrected chi connectivity index (χ2v) is 6.96. The lowest BCUT2D eigenvalue weighted by Gasteiger charge is -2.40. The SMILES string of the molecule is NC1(C(=O)N2CCN(c3nc4ccccc4o3)CC2)CCCCC1. The summed E-state index contributed by atoms with van der Waals surface area (Å²) in [6.07, 6.45) is 4.95. The number of para-hydroxylation sites is 2. The van der Waals surface area contributed by atoms with Crippen LogP contribution in [0.25, 0.3) is 11.1 Å². The number of piperazine rings is 1. The molecule has 2 N–H and O–H groups in total. The molecule has 2 aromatic rings. The predicted molar refractivity (Wildman–Crippen MR) is 92.8 cm³/mol. The number of carbonyl (C=O) groups excluding carboxylic acids is 1. The molecule has 1 aliphatic heterocycles. The van der Waals surface area contributed by atoms with Gasteiger partial charge >= 0.3 is 0 Å². The highest BCUT2D eigenvalue weighted by Gasteiger charge is 2.39. The van der Waals surface area contributed by atoms with Crippen LogP contribution < -0.4 is 10.6 Å². The molecule has 6 nitrogen and oxygen atoms in total. The zero-order valence-electron chi connectivity index (χ0n) is 13.9. The van der Waals surface area contributed by atoms with Gasteiger partial charge in [-0.1, -0.05) is 31.4 Å². The van der Waals surface area contributed by atoms with Gasteiger partial charge in [0.1, 0.15) is 5.52 Å². The second kappa shape index (κ2) is 6.09. The van der Waals surface area contributed by atoms with Crippen LogP contribution in [-0.4, -0.2) is 47.5 Å². The predicted octanol–water partition coefficient (Wildman–Crippen LogP) is 2.14. The Hall–Kier alpha value is -2.08. The molecule has 4 rings (SSSR count). The van der Waals surface area contributed by atoms with E-state index < -0.39 is 5.54 Å². The minimum Gasteiger partial charge on any atom is -0.423 e. The number of nitrogens with two attached hydrogens (primary N) is 1. The number of anilines is 1. The minimum atomic E-state index is -0.641. The van der Waals surface area contributed by atoms with Crippen LogP contribution in [-0.2, 0) is 4.79 Å². The second-order valence-electron chi connectivity index (χ2n) is 6.96. The molecule has 1 aromatic heterocycles. The largest absolute Gasteiger partial charge is 0.423 e. The maximum atomic E-state index is 12.8. The minimum absolute atomic E-state index is 0.124. The normalized spacial score (nSPS) is 21.2. The van der Waals surface area contributed by atoms with E-state index >= 15 is 0 Å². The van der Waals surface area contributed by atoms with Crippen molar-refractivity contribution in [3.63, 3.8) is 0 Å². The zero-order valence-corrected chi connectivity index (χ0v) is 13.9. The van der Waals surface area contributed by atoms with Gasteiger partial charge in [-0.05, 0) is 25.0 Å². The maximum Gasteiger partial charge on any atom is 0.298 e. The van der Waals surface area contributed by atoms with Crippen LogP contribution in [0.2, 0.25) is 0 Å². The van der Waals surface area contributed by atoms with E-state index in [1.54, 1.807) is 0 Å². The highest BCUT2D eigenvalue weighted by molar-refractivity contribution is 5.86. The van der Waals surface area contributed by atoms with Gasteiger partial charge in [-0.25, -0.2) is 0 Å². The van der Waals surface area contributed by atoms with Crippen molar-refractivity contribution in [1.82, 2.24) is 9.88 Å². The first-order chi connectivity index (χ1) is 11.7. The Morgan fingerprint density at radius 2 is 1.79 bits per heavy atom. The van der Waals surface area contributed by atoms with Gasteiger partial charge in [0, 0.05) is 26.2 Å². The Morgan fingerprint density at radius 1 is 1.08 bits per heavy atom. The molecule has 2 aliphatic rings. The number of fused-ring (bicyclic) bond motifs is 1. The molecule has 0 atom stereocenters. The van der Waals surface area contributed by atoms with Crippen LogP contribution in [0.5, 0.6) is 0 Å². The van der Waals surface area contributed by atoms with E-state index in [0.717, 1.165) is 49.9 Å². The molecule has 1 saturated heterocycles. The number of aromatic nitrogens is 1. The topological polar surface area (TPSA) is 75.6 Å². The van der Waals surface area contributed by atoms with Crippen molar-refractivity contribution < 1.29 is 9.21 Å². The number of amides is 1. The van der Waals surface area contributed by atoms with E-state index in [4.69, 9.17) is 10.2 Å². The summed E-state index contributed by atoms with van der Waals surface area (Å²) in [5.41, 5.74) is 7.42. The van der Waals surface area contributed by atoms with Gasteiger partial charge in [0.2, 0.25) is 5.91 Å². The van der Waals surface area contributed by atoms with Crippen molar-refractivity contribution in [2.24, 2.45) is 5.73 Å². The molecule has 128 valence electrons. The van der Waals surface area contributed by atoms with Gasteiger partial charge in [-0.3, -0.25) is 4.79 Å². The third-order valence-corrected chi connectivity index (χ3v) is 5.29. The Balaban J connectivity index is 1.42. The van der Waals surface area contributed by atoms with Crippen LogP contribution in [0.3, 0.4) is 0 Å². The standard InChI is InChI=1S/C18H24N4O2/c19-18(8-4-1-5-9-18)16(23)21-10-12-22(13-11-21)17-20-14-6-2-3-7-15(14)24-17/h2-3,6-7H,1,4-5,8-13,19H2. The third-order valence-electron chi connectivity index (χ3n) is 5.29. The van der Waals surface area contributed by atoms with Gasteiger partial charge in [0.25, 0.3) is 6.01 Å². The fraction of sp³-hybridized carbons (Fsp3) is 0.556. The van der Waals surface area contributed by atoms with Gasteiger partial charge in [0.15, 0.2) is 5.58 Å². The highest BCUT2D eigenvalue weighted by Crippen LogP contribution is 2.29. The summed E-state index contributed by atoms with van der Waals surface area (Å²) in [6, 6.07) is 8.41. The average Bonchev–Trinajstić information content (AvgIpc) is 3.06. The molecule has 0 spiro atoms. The molecule has 1 aromatic carbocycles. The molecule has 2 heterocycles. The Labute approximate surface area is 141 Å². The Morgan fingerprint density at radius 3 is 2.50 bits per heavy atom. The summed E-state index contributed by atoms with van der Waals surface area (Å²) in [5, 5.41) is 0. The van der Waals surface area contributed by atoms with E-state index in [1.165, 1.54) is 6.42 Å². The zero-order chi connectivity index (χ0) is 16.6. The molecular weight excluding hydrogens is 304 g/mol. The number of rotatable bonds is 2. The first kappa shape index (κ1) is 15.4. The van der Waals surface area contributed by atoms with Crippen molar-refractivity contribution in [2.75, 3.05) is 31.1 Å². The van der Waals surface area contributed by atoms with E-state index in [0.29, 0.717) is 19.1 Å². The molecule has 0 unspecified atom stereocenters. The summed E-state index contributed by atoms with van der Waals surface area (Å²) in [5.74, 6) is 0.124. The van der Waals surface area contributed by atoms with Crippen LogP contribution in [0.15, 0.2) is 28.7 Å². The Bertz CT molecular complexity index is 694.